The lowest BCUT2D eigenvalue weighted by molar-refractivity contribution is -0.188. The Labute approximate surface area is 149 Å². The molecule has 0 bridgehead atoms. The second-order valence-corrected chi connectivity index (χ2v) is 8.01. The van der Waals surface area contributed by atoms with E-state index in [1.54, 1.807) is 0 Å². The van der Waals surface area contributed by atoms with Crippen molar-refractivity contribution in [2.75, 3.05) is 39.4 Å². The highest BCUT2D eigenvalue weighted by Gasteiger charge is 2.42. The van der Waals surface area contributed by atoms with Gasteiger partial charge in [-0.3, -0.25) is 9.59 Å². The number of hydrogen-bond donors (Lipinski definition) is 0. The zero-order valence-electron chi connectivity index (χ0n) is 15.1. The van der Waals surface area contributed by atoms with Gasteiger partial charge in [-0.15, -0.1) is 0 Å². The minimum atomic E-state index is -0.420. The first-order chi connectivity index (χ1) is 12.2. The largest absolute Gasteiger partial charge is 0.347 e. The van der Waals surface area contributed by atoms with Gasteiger partial charge in [-0.25, -0.2) is 0 Å². The minimum Gasteiger partial charge on any atom is -0.347 e. The SMILES string of the molecule is O=C(C1CCC(C(=O)N2CCC3(CC2)OCCO3)CC1)N1CCCC1. The fourth-order valence-corrected chi connectivity index (χ4v) is 4.89. The summed E-state index contributed by atoms with van der Waals surface area (Å²) in [6.45, 7) is 4.65. The first-order valence-corrected chi connectivity index (χ1v) is 10.0. The number of carbonyl (C=O) groups excluding carboxylic acids is 2. The average Bonchev–Trinajstić information content (AvgIpc) is 3.34. The topological polar surface area (TPSA) is 59.1 Å². The van der Waals surface area contributed by atoms with Crippen molar-refractivity contribution in [3.8, 4) is 0 Å². The molecule has 0 radical (unpaired) electrons. The van der Waals surface area contributed by atoms with Crippen molar-refractivity contribution in [1.29, 1.82) is 0 Å². The lowest BCUT2D eigenvalue weighted by Gasteiger charge is -2.39. The molecule has 6 heteroatoms. The minimum absolute atomic E-state index is 0.0992. The van der Waals surface area contributed by atoms with Crippen molar-refractivity contribution in [3.05, 3.63) is 0 Å². The predicted octanol–water partition coefficient (Wildman–Crippen LogP) is 1.78. The first kappa shape index (κ1) is 17.3. The van der Waals surface area contributed by atoms with E-state index in [4.69, 9.17) is 9.47 Å². The van der Waals surface area contributed by atoms with E-state index in [-0.39, 0.29) is 17.7 Å². The number of hydrogen-bond acceptors (Lipinski definition) is 4. The Morgan fingerprint density at radius 2 is 1.16 bits per heavy atom. The summed E-state index contributed by atoms with van der Waals surface area (Å²) in [4.78, 5) is 29.4. The molecule has 140 valence electrons. The highest BCUT2D eigenvalue weighted by atomic mass is 16.7. The highest BCUT2D eigenvalue weighted by molar-refractivity contribution is 5.81. The van der Waals surface area contributed by atoms with E-state index < -0.39 is 5.79 Å². The first-order valence-electron chi connectivity index (χ1n) is 10.0. The maximum Gasteiger partial charge on any atom is 0.225 e. The van der Waals surface area contributed by atoms with E-state index in [1.807, 2.05) is 9.80 Å². The zero-order valence-corrected chi connectivity index (χ0v) is 15.1. The van der Waals surface area contributed by atoms with Crippen LogP contribution in [0.3, 0.4) is 0 Å². The average molecular weight is 350 g/mol. The molecule has 4 rings (SSSR count). The third-order valence-corrected chi connectivity index (χ3v) is 6.49. The third-order valence-electron chi connectivity index (χ3n) is 6.49. The number of ether oxygens (including phenoxy) is 2. The van der Waals surface area contributed by atoms with Gasteiger partial charge in [0.2, 0.25) is 11.8 Å². The van der Waals surface area contributed by atoms with E-state index in [0.29, 0.717) is 19.1 Å². The quantitative estimate of drug-likeness (QED) is 0.762. The molecule has 0 aromatic rings. The summed E-state index contributed by atoms with van der Waals surface area (Å²) in [5.74, 6) is 0.435. The van der Waals surface area contributed by atoms with Gasteiger partial charge in [0.15, 0.2) is 5.79 Å². The maximum atomic E-state index is 12.8. The summed E-state index contributed by atoms with van der Waals surface area (Å²) in [5.41, 5.74) is 0. The van der Waals surface area contributed by atoms with E-state index in [2.05, 4.69) is 0 Å². The Hall–Kier alpha value is -1.14. The number of piperidine rings is 1. The standard InChI is InChI=1S/C19H30N2O4/c22-17(20-9-1-2-10-20)15-3-5-16(6-4-15)18(23)21-11-7-19(8-12-21)24-13-14-25-19/h15-16H,1-14H2. The van der Waals surface area contributed by atoms with Crippen LogP contribution in [-0.2, 0) is 19.1 Å². The molecule has 4 aliphatic rings. The van der Waals surface area contributed by atoms with E-state index in [0.717, 1.165) is 77.5 Å². The van der Waals surface area contributed by atoms with Crippen LogP contribution in [-0.4, -0.2) is 66.8 Å². The molecule has 0 unspecified atom stereocenters. The fraction of sp³-hybridized carbons (Fsp3) is 0.895. The van der Waals surface area contributed by atoms with Gasteiger partial charge in [0, 0.05) is 50.9 Å². The Morgan fingerprint density at radius 1 is 0.720 bits per heavy atom. The van der Waals surface area contributed by atoms with Gasteiger partial charge in [0.05, 0.1) is 13.2 Å². The van der Waals surface area contributed by atoms with Gasteiger partial charge in [-0.05, 0) is 38.5 Å². The molecular weight excluding hydrogens is 320 g/mol. The van der Waals surface area contributed by atoms with Crippen molar-refractivity contribution in [2.45, 2.75) is 57.2 Å². The van der Waals surface area contributed by atoms with Crippen LogP contribution in [0.1, 0.15) is 51.4 Å². The molecule has 0 aromatic heterocycles. The second-order valence-electron chi connectivity index (χ2n) is 8.01. The van der Waals surface area contributed by atoms with Crippen LogP contribution < -0.4 is 0 Å². The Bertz CT molecular complexity index is 494. The smallest absolute Gasteiger partial charge is 0.225 e. The molecule has 1 aliphatic carbocycles. The van der Waals surface area contributed by atoms with Crippen LogP contribution in [0, 0.1) is 11.8 Å². The van der Waals surface area contributed by atoms with Crippen LogP contribution in [0.2, 0.25) is 0 Å². The number of nitrogens with zero attached hydrogens (tertiary/aromatic N) is 2. The van der Waals surface area contributed by atoms with Crippen molar-refractivity contribution in [3.63, 3.8) is 0 Å². The molecule has 1 spiro atoms. The van der Waals surface area contributed by atoms with Crippen LogP contribution in [0.25, 0.3) is 0 Å². The predicted molar refractivity (Wildman–Crippen MR) is 91.7 cm³/mol. The molecule has 1 saturated carbocycles. The normalized spacial score (nSPS) is 32.3. The van der Waals surface area contributed by atoms with Gasteiger partial charge in [-0.1, -0.05) is 0 Å². The molecule has 4 fully saturated rings. The molecule has 3 saturated heterocycles. The van der Waals surface area contributed by atoms with Crippen molar-refractivity contribution in [2.24, 2.45) is 11.8 Å². The molecule has 0 N–H and O–H groups in total. The summed E-state index contributed by atoms with van der Waals surface area (Å²) in [6, 6.07) is 0. The molecule has 25 heavy (non-hydrogen) atoms. The van der Waals surface area contributed by atoms with Gasteiger partial charge < -0.3 is 19.3 Å². The number of rotatable bonds is 2. The number of likely N-dealkylation sites (tertiary alicyclic amines) is 2. The Balaban J connectivity index is 1.25. The molecule has 3 heterocycles. The zero-order chi connectivity index (χ0) is 17.3. The maximum absolute atomic E-state index is 12.8. The van der Waals surface area contributed by atoms with E-state index >= 15 is 0 Å². The summed E-state index contributed by atoms with van der Waals surface area (Å²) >= 11 is 0. The van der Waals surface area contributed by atoms with Crippen LogP contribution in [0.15, 0.2) is 0 Å². The molecule has 0 atom stereocenters. The van der Waals surface area contributed by atoms with Gasteiger partial charge in [-0.2, -0.15) is 0 Å². The van der Waals surface area contributed by atoms with Crippen molar-refractivity contribution in [1.82, 2.24) is 9.80 Å². The molecule has 3 aliphatic heterocycles. The van der Waals surface area contributed by atoms with Gasteiger partial charge in [0.1, 0.15) is 0 Å². The summed E-state index contributed by atoms with van der Waals surface area (Å²) < 4.78 is 11.5. The fourth-order valence-electron chi connectivity index (χ4n) is 4.89. The summed E-state index contributed by atoms with van der Waals surface area (Å²) in [7, 11) is 0. The van der Waals surface area contributed by atoms with E-state index in [9.17, 15) is 9.59 Å². The Kier molecular flexibility index (Phi) is 5.00. The summed E-state index contributed by atoms with van der Waals surface area (Å²) in [5, 5.41) is 0. The highest BCUT2D eigenvalue weighted by Crippen LogP contribution is 2.35. The van der Waals surface area contributed by atoms with Crippen molar-refractivity contribution >= 4 is 11.8 Å². The van der Waals surface area contributed by atoms with Crippen LogP contribution >= 0.6 is 0 Å². The van der Waals surface area contributed by atoms with Crippen molar-refractivity contribution < 1.29 is 19.1 Å². The number of amides is 2. The Morgan fingerprint density at radius 3 is 1.64 bits per heavy atom. The van der Waals surface area contributed by atoms with E-state index in [1.165, 1.54) is 0 Å². The van der Waals surface area contributed by atoms with Gasteiger partial charge in [0.25, 0.3) is 0 Å². The van der Waals surface area contributed by atoms with Crippen LogP contribution in [0.5, 0.6) is 0 Å². The summed E-state index contributed by atoms with van der Waals surface area (Å²) in [6.07, 6.45) is 7.30. The monoisotopic (exact) mass is 350 g/mol. The van der Waals surface area contributed by atoms with Crippen LogP contribution in [0.4, 0.5) is 0 Å². The molecular formula is C19H30N2O4. The second kappa shape index (κ2) is 7.23. The molecule has 6 nitrogen and oxygen atoms in total. The molecule has 0 aromatic carbocycles. The van der Waals surface area contributed by atoms with Gasteiger partial charge >= 0.3 is 0 Å². The number of carbonyl (C=O) groups is 2. The lowest BCUT2D eigenvalue weighted by Crippen LogP contribution is -2.49. The molecule has 2 amide bonds. The lowest BCUT2D eigenvalue weighted by atomic mass is 9.80. The third kappa shape index (κ3) is 3.56.